The Balaban J connectivity index is 1.63. The molecule has 0 unspecified atom stereocenters. The number of amides is 1. The first kappa shape index (κ1) is 18.3. The summed E-state index contributed by atoms with van der Waals surface area (Å²) < 4.78 is 1.68. The summed E-state index contributed by atoms with van der Waals surface area (Å²) in [4.78, 5) is 14.6. The molecule has 0 saturated carbocycles. The average molecular weight is 408 g/mol. The first-order valence-electron chi connectivity index (χ1n) is 10.2. The molecule has 1 fully saturated rings. The van der Waals surface area contributed by atoms with Gasteiger partial charge < -0.3 is 4.90 Å². The number of nitrogens with zero attached hydrogens (tertiary/aromatic N) is 5. The number of likely N-dealkylation sites (tertiary alicyclic amines) is 1. The third kappa shape index (κ3) is 3.31. The number of hydrogen-bond acceptors (Lipinski definition) is 4. The summed E-state index contributed by atoms with van der Waals surface area (Å²) in [6.45, 7) is 1.81. The number of aromatic nitrogens is 4. The summed E-state index contributed by atoms with van der Waals surface area (Å²) in [7, 11) is 0. The predicted molar refractivity (Wildman–Crippen MR) is 113 cm³/mol. The third-order valence-corrected chi connectivity index (χ3v) is 6.10. The number of halogens is 1. The Morgan fingerprint density at radius 1 is 1.03 bits per heavy atom. The van der Waals surface area contributed by atoms with Crippen LogP contribution < -0.4 is 0 Å². The molecule has 6 nitrogen and oxygen atoms in total. The van der Waals surface area contributed by atoms with Gasteiger partial charge in [-0.2, -0.15) is 5.10 Å². The average Bonchev–Trinajstić information content (AvgIpc) is 3.50. The van der Waals surface area contributed by atoms with Gasteiger partial charge in [0.15, 0.2) is 5.65 Å². The Hall–Kier alpha value is -2.73. The van der Waals surface area contributed by atoms with Gasteiger partial charge in [-0.05, 0) is 37.7 Å². The van der Waals surface area contributed by atoms with E-state index in [1.54, 1.807) is 4.68 Å². The summed E-state index contributed by atoms with van der Waals surface area (Å²) >= 11 is 6.86. The summed E-state index contributed by atoms with van der Waals surface area (Å²) in [5, 5.41) is 15.0. The lowest BCUT2D eigenvalue weighted by molar-refractivity contribution is -0.130. The smallest absolute Gasteiger partial charge is 0.244 e. The molecule has 3 heterocycles. The molecule has 0 bridgehead atoms. The molecule has 0 N–H and O–H groups in total. The lowest BCUT2D eigenvalue weighted by atomic mass is 10.1. The first-order chi connectivity index (χ1) is 14.2. The van der Waals surface area contributed by atoms with Crippen molar-refractivity contribution in [1.29, 1.82) is 0 Å². The maximum atomic E-state index is 12.7. The second-order valence-electron chi connectivity index (χ2n) is 7.64. The number of allylic oxidation sites excluding steroid dienone is 2. The highest BCUT2D eigenvalue weighted by atomic mass is 35.5. The van der Waals surface area contributed by atoms with Gasteiger partial charge in [0.05, 0.1) is 16.1 Å². The number of carbonyl (C=O) groups excluding carboxylic acids is 1. The molecule has 3 aromatic rings. The van der Waals surface area contributed by atoms with Gasteiger partial charge in [-0.15, -0.1) is 10.2 Å². The topological polar surface area (TPSA) is 63.9 Å². The van der Waals surface area contributed by atoms with Crippen molar-refractivity contribution in [2.45, 2.75) is 38.6 Å². The Bertz CT molecular complexity index is 1100. The quantitative estimate of drug-likeness (QED) is 0.645. The van der Waals surface area contributed by atoms with Crippen molar-refractivity contribution in [1.82, 2.24) is 24.9 Å². The van der Waals surface area contributed by atoms with Gasteiger partial charge in [-0.1, -0.05) is 48.0 Å². The normalized spacial score (nSPS) is 16.6. The Labute approximate surface area is 174 Å². The molecule has 7 heteroatoms. The highest BCUT2D eigenvalue weighted by molar-refractivity contribution is 6.38. The Morgan fingerprint density at radius 3 is 2.55 bits per heavy atom. The molecule has 1 aromatic carbocycles. The van der Waals surface area contributed by atoms with E-state index in [2.05, 4.69) is 16.3 Å². The minimum absolute atomic E-state index is 0.0731. The van der Waals surface area contributed by atoms with Crippen molar-refractivity contribution in [3.05, 3.63) is 47.1 Å². The van der Waals surface area contributed by atoms with Crippen LogP contribution in [0.1, 0.15) is 37.8 Å². The number of rotatable bonds is 4. The molecular formula is C22H22ClN5O. The monoisotopic (exact) mass is 407 g/mol. The lowest BCUT2D eigenvalue weighted by Gasteiger charge is -2.15. The van der Waals surface area contributed by atoms with Gasteiger partial charge in [-0.3, -0.25) is 4.79 Å². The highest BCUT2D eigenvalue weighted by Crippen LogP contribution is 2.38. The summed E-state index contributed by atoms with van der Waals surface area (Å²) in [6, 6.07) is 9.81. The number of benzene rings is 1. The van der Waals surface area contributed by atoms with Gasteiger partial charge in [0.1, 0.15) is 12.2 Å². The van der Waals surface area contributed by atoms with Gasteiger partial charge >= 0.3 is 0 Å². The third-order valence-electron chi connectivity index (χ3n) is 5.73. The van der Waals surface area contributed by atoms with Gasteiger partial charge in [0.25, 0.3) is 0 Å². The van der Waals surface area contributed by atoms with Gasteiger partial charge in [0, 0.05) is 18.7 Å². The van der Waals surface area contributed by atoms with E-state index >= 15 is 0 Å². The van der Waals surface area contributed by atoms with Crippen molar-refractivity contribution in [3.63, 3.8) is 0 Å². The minimum Gasteiger partial charge on any atom is -0.341 e. The molecule has 148 valence electrons. The van der Waals surface area contributed by atoms with E-state index in [1.807, 2.05) is 35.2 Å². The fourth-order valence-corrected chi connectivity index (χ4v) is 4.53. The first-order valence-corrected chi connectivity index (χ1v) is 10.6. The zero-order valence-electron chi connectivity index (χ0n) is 16.1. The Kier molecular flexibility index (Phi) is 4.79. The zero-order valence-corrected chi connectivity index (χ0v) is 16.9. The van der Waals surface area contributed by atoms with E-state index in [1.165, 1.54) is 5.57 Å². The molecule has 2 aliphatic rings. The Morgan fingerprint density at radius 2 is 1.83 bits per heavy atom. The molecule has 0 spiro atoms. The molecule has 0 atom stereocenters. The number of fused-ring (bicyclic) bond motifs is 1. The van der Waals surface area contributed by atoms with Crippen LogP contribution in [0.5, 0.6) is 0 Å². The molecular weight excluding hydrogens is 386 g/mol. The van der Waals surface area contributed by atoms with Crippen molar-refractivity contribution in [3.8, 4) is 11.3 Å². The molecule has 1 amide bonds. The van der Waals surface area contributed by atoms with E-state index in [0.29, 0.717) is 16.4 Å². The SMILES string of the molecule is O=C(Cn1nc(C2=CCCC2)c2c(Cl)c(-c3ccccc3)nnc21)N1CCCC1. The lowest BCUT2D eigenvalue weighted by Crippen LogP contribution is -2.31. The van der Waals surface area contributed by atoms with Crippen LogP contribution in [0, 0.1) is 0 Å². The molecule has 1 aliphatic heterocycles. The zero-order chi connectivity index (χ0) is 19.8. The molecule has 2 aromatic heterocycles. The van der Waals surface area contributed by atoms with Gasteiger partial charge in [-0.25, -0.2) is 4.68 Å². The summed E-state index contributed by atoms with van der Waals surface area (Å²) in [5.41, 5.74) is 4.15. The van der Waals surface area contributed by atoms with Crippen LogP contribution in [0.15, 0.2) is 36.4 Å². The fraction of sp³-hybridized carbons (Fsp3) is 0.364. The minimum atomic E-state index is 0.0731. The molecule has 5 rings (SSSR count). The second kappa shape index (κ2) is 7.59. The van der Waals surface area contributed by atoms with Crippen LogP contribution in [-0.4, -0.2) is 43.9 Å². The molecule has 1 saturated heterocycles. The van der Waals surface area contributed by atoms with E-state index < -0.39 is 0 Å². The number of hydrogen-bond donors (Lipinski definition) is 0. The van der Waals surface area contributed by atoms with Crippen LogP contribution in [0.2, 0.25) is 5.02 Å². The van der Waals surface area contributed by atoms with Crippen LogP contribution in [0.25, 0.3) is 27.9 Å². The van der Waals surface area contributed by atoms with Crippen molar-refractivity contribution in [2.24, 2.45) is 0 Å². The standard InChI is InChI=1S/C22H22ClN5O/c23-19-18-20(15-10-4-5-11-15)26-28(14-17(29)27-12-6-7-13-27)22(18)25-24-21(19)16-8-2-1-3-9-16/h1-3,8-10H,4-7,11-14H2. The van der Waals surface area contributed by atoms with Crippen LogP contribution in [-0.2, 0) is 11.3 Å². The predicted octanol–water partition coefficient (Wildman–Crippen LogP) is 4.34. The van der Waals surface area contributed by atoms with Crippen molar-refractivity contribution < 1.29 is 4.79 Å². The van der Waals surface area contributed by atoms with Crippen molar-refractivity contribution in [2.75, 3.05) is 13.1 Å². The number of carbonyl (C=O) groups is 1. The molecule has 0 radical (unpaired) electrons. The van der Waals surface area contributed by atoms with Gasteiger partial charge in [0.2, 0.25) is 5.91 Å². The maximum absolute atomic E-state index is 12.7. The van der Waals surface area contributed by atoms with Crippen LogP contribution in [0.3, 0.4) is 0 Å². The highest BCUT2D eigenvalue weighted by Gasteiger charge is 2.25. The van der Waals surface area contributed by atoms with Crippen molar-refractivity contribution >= 4 is 34.1 Å². The molecule has 1 aliphatic carbocycles. The summed E-state index contributed by atoms with van der Waals surface area (Å²) in [5.74, 6) is 0.0731. The van der Waals surface area contributed by atoms with E-state index in [9.17, 15) is 4.79 Å². The van der Waals surface area contributed by atoms with Crippen LogP contribution >= 0.6 is 11.6 Å². The largest absolute Gasteiger partial charge is 0.341 e. The van der Waals surface area contributed by atoms with E-state index in [-0.39, 0.29) is 12.5 Å². The summed E-state index contributed by atoms with van der Waals surface area (Å²) in [6.07, 6.45) is 7.46. The fourth-order valence-electron chi connectivity index (χ4n) is 4.21. The van der Waals surface area contributed by atoms with E-state index in [4.69, 9.17) is 16.7 Å². The van der Waals surface area contributed by atoms with E-state index in [0.717, 1.165) is 61.8 Å². The maximum Gasteiger partial charge on any atom is 0.244 e. The molecule has 29 heavy (non-hydrogen) atoms. The second-order valence-corrected chi connectivity index (χ2v) is 8.02. The van der Waals surface area contributed by atoms with Crippen LogP contribution in [0.4, 0.5) is 0 Å².